The van der Waals surface area contributed by atoms with Gasteiger partial charge in [-0.2, -0.15) is 0 Å². The summed E-state index contributed by atoms with van der Waals surface area (Å²) in [5.41, 5.74) is 0.451. The van der Waals surface area contributed by atoms with Crippen molar-refractivity contribution in [1.82, 2.24) is 4.98 Å². The Morgan fingerprint density at radius 1 is 1.64 bits per heavy atom. The van der Waals surface area contributed by atoms with E-state index in [9.17, 15) is 4.79 Å². The summed E-state index contributed by atoms with van der Waals surface area (Å²) in [6, 6.07) is 1.54. The molecule has 0 unspecified atom stereocenters. The lowest BCUT2D eigenvalue weighted by Gasteiger charge is -2.08. The van der Waals surface area contributed by atoms with Gasteiger partial charge in [0.05, 0.1) is 6.61 Å². The van der Waals surface area contributed by atoms with Crippen LogP contribution in [0.25, 0.3) is 0 Å². The largest absolute Gasteiger partial charge is 0.476 e. The predicted molar refractivity (Wildman–Crippen MR) is 55.0 cm³/mol. The molecule has 1 heterocycles. The minimum absolute atomic E-state index is 0.371. The summed E-state index contributed by atoms with van der Waals surface area (Å²) in [5.74, 6) is 0.796. The molecule has 0 aliphatic rings. The smallest absolute Gasteiger partial charge is 0.232 e. The number of nitrogens with zero attached hydrogens (tertiary/aromatic N) is 1. The van der Waals surface area contributed by atoms with E-state index >= 15 is 0 Å². The van der Waals surface area contributed by atoms with Crippen molar-refractivity contribution >= 4 is 17.9 Å². The lowest BCUT2D eigenvalue weighted by molar-refractivity contribution is 0.112. The summed E-state index contributed by atoms with van der Waals surface area (Å²) in [5, 5.41) is 0.371. The van der Waals surface area contributed by atoms with Gasteiger partial charge in [-0.1, -0.05) is 25.4 Å². The van der Waals surface area contributed by atoms with Crippen molar-refractivity contribution in [2.45, 2.75) is 13.8 Å². The van der Waals surface area contributed by atoms with Crippen molar-refractivity contribution in [1.29, 1.82) is 0 Å². The van der Waals surface area contributed by atoms with Gasteiger partial charge in [0.1, 0.15) is 5.02 Å². The first kappa shape index (κ1) is 11.0. The number of halogens is 1. The quantitative estimate of drug-likeness (QED) is 0.722. The van der Waals surface area contributed by atoms with E-state index in [1.54, 1.807) is 0 Å². The Balaban J connectivity index is 2.73. The Hall–Kier alpha value is -1.09. The van der Waals surface area contributed by atoms with Gasteiger partial charge in [-0.3, -0.25) is 4.79 Å². The van der Waals surface area contributed by atoms with Crippen LogP contribution in [0.15, 0.2) is 12.3 Å². The fraction of sp³-hybridized carbons (Fsp3) is 0.400. The van der Waals surface area contributed by atoms with Gasteiger partial charge in [-0.15, -0.1) is 0 Å². The lowest BCUT2D eigenvalue weighted by atomic mass is 10.2. The number of ether oxygens (including phenoxy) is 1. The normalized spacial score (nSPS) is 10.3. The van der Waals surface area contributed by atoms with Crippen LogP contribution < -0.4 is 4.74 Å². The third-order valence-corrected chi connectivity index (χ3v) is 1.79. The molecule has 0 saturated carbocycles. The van der Waals surface area contributed by atoms with E-state index < -0.39 is 0 Å². The number of rotatable bonds is 4. The summed E-state index contributed by atoms with van der Waals surface area (Å²) >= 11 is 5.85. The van der Waals surface area contributed by atoms with E-state index in [2.05, 4.69) is 4.98 Å². The van der Waals surface area contributed by atoms with Crippen LogP contribution in [0.1, 0.15) is 24.2 Å². The number of aldehydes is 1. The molecule has 3 nitrogen and oxygen atoms in total. The average Bonchev–Trinajstić information content (AvgIpc) is 2.15. The molecular formula is C10H12ClNO2. The molecule has 0 aliphatic carbocycles. The first-order chi connectivity index (χ1) is 6.63. The van der Waals surface area contributed by atoms with Gasteiger partial charge in [0.25, 0.3) is 0 Å². The molecular weight excluding hydrogens is 202 g/mol. The van der Waals surface area contributed by atoms with Crippen LogP contribution in [0.4, 0.5) is 0 Å². The highest BCUT2D eigenvalue weighted by Crippen LogP contribution is 2.22. The number of pyridine rings is 1. The van der Waals surface area contributed by atoms with Gasteiger partial charge >= 0.3 is 0 Å². The van der Waals surface area contributed by atoms with Gasteiger partial charge in [-0.05, 0) is 12.0 Å². The zero-order valence-electron chi connectivity index (χ0n) is 8.16. The van der Waals surface area contributed by atoms with Gasteiger partial charge in [0.2, 0.25) is 5.88 Å². The summed E-state index contributed by atoms with van der Waals surface area (Å²) in [7, 11) is 0. The second-order valence-corrected chi connectivity index (χ2v) is 3.79. The molecule has 4 heteroatoms. The van der Waals surface area contributed by atoms with E-state index in [4.69, 9.17) is 16.3 Å². The summed E-state index contributed by atoms with van der Waals surface area (Å²) in [6.45, 7) is 4.63. The van der Waals surface area contributed by atoms with Crippen molar-refractivity contribution in [2.24, 2.45) is 5.92 Å². The van der Waals surface area contributed by atoms with Crippen molar-refractivity contribution in [3.05, 3.63) is 22.8 Å². The highest BCUT2D eigenvalue weighted by Gasteiger charge is 2.05. The van der Waals surface area contributed by atoms with Crippen molar-refractivity contribution < 1.29 is 9.53 Å². The van der Waals surface area contributed by atoms with Crippen molar-refractivity contribution in [3.63, 3.8) is 0 Å². The third-order valence-electron chi connectivity index (χ3n) is 1.52. The minimum Gasteiger partial charge on any atom is -0.476 e. The van der Waals surface area contributed by atoms with E-state index in [-0.39, 0.29) is 0 Å². The molecule has 0 bridgehead atoms. The Morgan fingerprint density at radius 3 is 2.86 bits per heavy atom. The van der Waals surface area contributed by atoms with Gasteiger partial charge in [0, 0.05) is 11.8 Å². The molecule has 0 aliphatic heterocycles. The molecule has 0 N–H and O–H groups in total. The number of aromatic nitrogens is 1. The highest BCUT2D eigenvalue weighted by atomic mass is 35.5. The highest BCUT2D eigenvalue weighted by molar-refractivity contribution is 6.32. The Bertz CT molecular complexity index is 326. The van der Waals surface area contributed by atoms with Crippen LogP contribution in [0.5, 0.6) is 5.88 Å². The minimum atomic E-state index is 0.371. The zero-order chi connectivity index (χ0) is 10.6. The maximum atomic E-state index is 10.4. The monoisotopic (exact) mass is 213 g/mol. The molecule has 0 aromatic carbocycles. The van der Waals surface area contributed by atoms with Crippen LogP contribution in [-0.2, 0) is 0 Å². The summed E-state index contributed by atoms with van der Waals surface area (Å²) in [4.78, 5) is 14.3. The van der Waals surface area contributed by atoms with E-state index in [0.29, 0.717) is 35.3 Å². The fourth-order valence-corrected chi connectivity index (χ4v) is 1.09. The molecule has 1 aromatic heterocycles. The van der Waals surface area contributed by atoms with Crippen molar-refractivity contribution in [3.8, 4) is 5.88 Å². The molecule has 14 heavy (non-hydrogen) atoms. The van der Waals surface area contributed by atoms with Crippen LogP contribution in [0, 0.1) is 5.92 Å². The summed E-state index contributed by atoms with van der Waals surface area (Å²) in [6.07, 6.45) is 2.14. The molecule has 0 spiro atoms. The molecule has 0 radical (unpaired) electrons. The second kappa shape index (κ2) is 4.96. The standard InChI is InChI=1S/C10H12ClNO2/c1-7(2)6-14-10-9(11)3-8(5-13)4-12-10/h3-5,7H,6H2,1-2H3. The van der Waals surface area contributed by atoms with Crippen LogP contribution >= 0.6 is 11.6 Å². The molecule has 0 fully saturated rings. The predicted octanol–water partition coefficient (Wildman–Crippen LogP) is 2.58. The van der Waals surface area contributed by atoms with Gasteiger partial charge in [0.15, 0.2) is 6.29 Å². The fourth-order valence-electron chi connectivity index (χ4n) is 0.856. The molecule has 0 atom stereocenters. The molecule has 76 valence electrons. The second-order valence-electron chi connectivity index (χ2n) is 3.38. The Morgan fingerprint density at radius 2 is 2.36 bits per heavy atom. The van der Waals surface area contributed by atoms with Gasteiger partial charge < -0.3 is 4.74 Å². The maximum Gasteiger partial charge on any atom is 0.232 e. The first-order valence-corrected chi connectivity index (χ1v) is 4.74. The Labute approximate surface area is 88.1 Å². The third kappa shape index (κ3) is 3.00. The maximum absolute atomic E-state index is 10.4. The molecule has 1 rings (SSSR count). The van der Waals surface area contributed by atoms with Crippen molar-refractivity contribution in [2.75, 3.05) is 6.61 Å². The topological polar surface area (TPSA) is 39.2 Å². The first-order valence-electron chi connectivity index (χ1n) is 4.37. The van der Waals surface area contributed by atoms with Gasteiger partial charge in [-0.25, -0.2) is 4.98 Å². The van der Waals surface area contributed by atoms with E-state index in [1.165, 1.54) is 12.3 Å². The number of carbonyl (C=O) groups is 1. The SMILES string of the molecule is CC(C)COc1ncc(C=O)cc1Cl. The van der Waals surface area contributed by atoms with E-state index in [0.717, 1.165) is 0 Å². The summed E-state index contributed by atoms with van der Waals surface area (Å²) < 4.78 is 5.34. The zero-order valence-corrected chi connectivity index (χ0v) is 8.91. The molecule has 0 amide bonds. The number of carbonyl (C=O) groups excluding carboxylic acids is 1. The van der Waals surface area contributed by atoms with Crippen LogP contribution in [0.2, 0.25) is 5.02 Å². The number of hydrogen-bond acceptors (Lipinski definition) is 3. The number of hydrogen-bond donors (Lipinski definition) is 0. The van der Waals surface area contributed by atoms with Crippen LogP contribution in [-0.4, -0.2) is 17.9 Å². The van der Waals surface area contributed by atoms with E-state index in [1.807, 2.05) is 13.8 Å². The lowest BCUT2D eigenvalue weighted by Crippen LogP contribution is -2.06. The average molecular weight is 214 g/mol. The van der Waals surface area contributed by atoms with Crippen LogP contribution in [0.3, 0.4) is 0 Å². The molecule has 0 saturated heterocycles. The Kier molecular flexibility index (Phi) is 3.89. The molecule has 1 aromatic rings.